The molecule has 0 aromatic heterocycles. The van der Waals surface area contributed by atoms with E-state index < -0.39 is 12.2 Å². The molecule has 0 saturated heterocycles. The van der Waals surface area contributed by atoms with Crippen molar-refractivity contribution in [1.82, 2.24) is 0 Å². The van der Waals surface area contributed by atoms with Crippen molar-refractivity contribution in [3.8, 4) is 5.75 Å². The van der Waals surface area contributed by atoms with Crippen LogP contribution in [0.4, 0.5) is 14.5 Å². The summed E-state index contributed by atoms with van der Waals surface area (Å²) in [4.78, 5) is 12.0. The molecule has 4 nitrogen and oxygen atoms in total. The zero-order chi connectivity index (χ0) is 17.2. The van der Waals surface area contributed by atoms with Gasteiger partial charge < -0.3 is 15.8 Å². The summed E-state index contributed by atoms with van der Waals surface area (Å²) in [5, 5.41) is 2.74. The summed E-state index contributed by atoms with van der Waals surface area (Å²) < 4.78 is 29.8. The lowest BCUT2D eigenvalue weighted by molar-refractivity contribution is -0.118. The number of anilines is 1. The summed E-state index contributed by atoms with van der Waals surface area (Å²) in [6.07, 6.45) is 1.73. The minimum atomic E-state index is -2.90. The summed E-state index contributed by atoms with van der Waals surface area (Å²) >= 11 is 0. The Morgan fingerprint density at radius 1 is 1.21 bits per heavy atom. The van der Waals surface area contributed by atoms with E-state index in [1.807, 2.05) is 30.3 Å². The van der Waals surface area contributed by atoms with Crippen LogP contribution in [0.3, 0.4) is 0 Å². The fourth-order valence-electron chi connectivity index (χ4n) is 2.44. The Hall–Kier alpha value is -2.47. The van der Waals surface area contributed by atoms with Crippen molar-refractivity contribution < 1.29 is 18.3 Å². The van der Waals surface area contributed by atoms with Crippen LogP contribution in [0.5, 0.6) is 5.75 Å². The molecule has 0 atom stereocenters. The van der Waals surface area contributed by atoms with E-state index in [4.69, 9.17) is 5.73 Å². The summed E-state index contributed by atoms with van der Waals surface area (Å²) in [6.45, 7) is -2.90. The van der Waals surface area contributed by atoms with Gasteiger partial charge in [-0.2, -0.15) is 8.78 Å². The molecule has 0 bridgehead atoms. The Labute approximate surface area is 138 Å². The molecule has 1 aliphatic carbocycles. The Bertz CT molecular complexity index is 731. The molecule has 0 heterocycles. The molecule has 0 radical (unpaired) electrons. The average molecular weight is 332 g/mol. The maximum Gasteiger partial charge on any atom is 0.387 e. The number of hydrogen-bond acceptors (Lipinski definition) is 3. The van der Waals surface area contributed by atoms with Crippen molar-refractivity contribution in [2.24, 2.45) is 5.73 Å². The molecule has 2 aromatic carbocycles. The molecule has 1 amide bonds. The zero-order valence-electron chi connectivity index (χ0n) is 13.0. The summed E-state index contributed by atoms with van der Waals surface area (Å²) in [5.41, 5.74) is 7.11. The first-order valence-electron chi connectivity index (χ1n) is 7.68. The van der Waals surface area contributed by atoms with Gasteiger partial charge in [-0.15, -0.1) is 0 Å². The van der Waals surface area contributed by atoms with Gasteiger partial charge in [-0.3, -0.25) is 4.79 Å². The van der Waals surface area contributed by atoms with Crippen LogP contribution in [0.2, 0.25) is 0 Å². The van der Waals surface area contributed by atoms with Crippen LogP contribution < -0.4 is 15.8 Å². The number of halogens is 2. The molecule has 3 rings (SSSR count). The number of alkyl halides is 2. The number of ether oxygens (including phenoxy) is 1. The molecule has 1 saturated carbocycles. The fraction of sp³-hybridized carbons (Fsp3) is 0.278. The standard InChI is InChI=1S/C18H18F2N2O2/c19-17(20)24-15-7-6-14(22-16(23)18(21)8-9-18)11-13(15)10-12-4-2-1-3-5-12/h1-7,11,17H,8-10,21H2,(H,22,23). The average Bonchev–Trinajstić information content (AvgIpc) is 3.30. The molecular formula is C18H18F2N2O2. The van der Waals surface area contributed by atoms with Gasteiger partial charge >= 0.3 is 6.61 Å². The van der Waals surface area contributed by atoms with Crippen molar-refractivity contribution in [3.63, 3.8) is 0 Å². The molecule has 1 fully saturated rings. The molecular weight excluding hydrogens is 314 g/mol. The predicted molar refractivity (Wildman–Crippen MR) is 87.1 cm³/mol. The molecule has 1 aliphatic rings. The Morgan fingerprint density at radius 3 is 2.54 bits per heavy atom. The second-order valence-corrected chi connectivity index (χ2v) is 5.97. The van der Waals surface area contributed by atoms with E-state index in [-0.39, 0.29) is 11.7 Å². The smallest absolute Gasteiger partial charge is 0.387 e. The van der Waals surface area contributed by atoms with Crippen LogP contribution in [-0.4, -0.2) is 18.1 Å². The first kappa shape index (κ1) is 16.4. The molecule has 126 valence electrons. The minimum Gasteiger partial charge on any atom is -0.435 e. The third-order valence-electron chi connectivity index (χ3n) is 4.01. The summed E-state index contributed by atoms with van der Waals surface area (Å²) in [5.74, 6) is -0.156. The second kappa shape index (κ2) is 6.57. The zero-order valence-corrected chi connectivity index (χ0v) is 13.0. The van der Waals surface area contributed by atoms with E-state index in [9.17, 15) is 13.6 Å². The lowest BCUT2D eigenvalue weighted by atomic mass is 10.0. The van der Waals surface area contributed by atoms with E-state index in [0.29, 0.717) is 30.5 Å². The third-order valence-corrected chi connectivity index (χ3v) is 4.01. The van der Waals surface area contributed by atoms with E-state index in [1.54, 1.807) is 6.07 Å². The van der Waals surface area contributed by atoms with Crippen molar-refractivity contribution in [2.45, 2.75) is 31.4 Å². The van der Waals surface area contributed by atoms with Gasteiger partial charge in [-0.1, -0.05) is 30.3 Å². The van der Waals surface area contributed by atoms with Crippen LogP contribution in [0.15, 0.2) is 48.5 Å². The van der Waals surface area contributed by atoms with Gasteiger partial charge in [0.2, 0.25) is 5.91 Å². The third kappa shape index (κ3) is 3.89. The van der Waals surface area contributed by atoms with Gasteiger partial charge in [0.15, 0.2) is 0 Å². The molecule has 2 aromatic rings. The van der Waals surface area contributed by atoms with Gasteiger partial charge in [0, 0.05) is 17.7 Å². The van der Waals surface area contributed by atoms with Gasteiger partial charge in [0.1, 0.15) is 5.75 Å². The van der Waals surface area contributed by atoms with Gasteiger partial charge in [0.05, 0.1) is 5.54 Å². The predicted octanol–water partition coefficient (Wildman–Crippen LogP) is 3.31. The van der Waals surface area contributed by atoms with Crippen molar-refractivity contribution in [3.05, 3.63) is 59.7 Å². The number of nitrogens with one attached hydrogen (secondary N) is 1. The SMILES string of the molecule is NC1(C(=O)Nc2ccc(OC(F)F)c(Cc3ccccc3)c2)CC1. The van der Waals surface area contributed by atoms with E-state index >= 15 is 0 Å². The molecule has 0 aliphatic heterocycles. The highest BCUT2D eigenvalue weighted by molar-refractivity contribution is 6.00. The Morgan fingerprint density at radius 2 is 1.92 bits per heavy atom. The highest BCUT2D eigenvalue weighted by atomic mass is 19.3. The molecule has 3 N–H and O–H groups in total. The van der Waals surface area contributed by atoms with Gasteiger partial charge in [0.25, 0.3) is 0 Å². The molecule has 24 heavy (non-hydrogen) atoms. The second-order valence-electron chi connectivity index (χ2n) is 5.97. The topological polar surface area (TPSA) is 64.4 Å². The van der Waals surface area contributed by atoms with Crippen LogP contribution in [-0.2, 0) is 11.2 Å². The number of benzene rings is 2. The Balaban J connectivity index is 1.84. The normalized spacial score (nSPS) is 15.2. The first-order chi connectivity index (χ1) is 11.5. The summed E-state index contributed by atoms with van der Waals surface area (Å²) in [7, 11) is 0. The highest BCUT2D eigenvalue weighted by Crippen LogP contribution is 2.34. The highest BCUT2D eigenvalue weighted by Gasteiger charge is 2.45. The lowest BCUT2D eigenvalue weighted by Gasteiger charge is -2.15. The number of carbonyl (C=O) groups is 1. The van der Waals surface area contributed by atoms with Crippen molar-refractivity contribution in [1.29, 1.82) is 0 Å². The fourth-order valence-corrected chi connectivity index (χ4v) is 2.44. The maximum atomic E-state index is 12.6. The molecule has 0 spiro atoms. The largest absolute Gasteiger partial charge is 0.435 e. The van der Waals surface area contributed by atoms with Crippen LogP contribution in [0, 0.1) is 0 Å². The first-order valence-corrected chi connectivity index (χ1v) is 7.68. The number of carbonyl (C=O) groups excluding carboxylic acids is 1. The van der Waals surface area contributed by atoms with Gasteiger partial charge in [-0.05, 0) is 36.6 Å². The number of rotatable bonds is 6. The van der Waals surface area contributed by atoms with Crippen molar-refractivity contribution in [2.75, 3.05) is 5.32 Å². The van der Waals surface area contributed by atoms with Gasteiger partial charge in [-0.25, -0.2) is 0 Å². The number of hydrogen-bond donors (Lipinski definition) is 2. The van der Waals surface area contributed by atoms with E-state index in [1.165, 1.54) is 12.1 Å². The Kier molecular flexibility index (Phi) is 4.49. The minimum absolute atomic E-state index is 0.0979. The van der Waals surface area contributed by atoms with E-state index in [0.717, 1.165) is 5.56 Å². The summed E-state index contributed by atoms with van der Waals surface area (Å²) in [6, 6.07) is 14.1. The quantitative estimate of drug-likeness (QED) is 0.853. The number of nitrogens with two attached hydrogens (primary N) is 1. The maximum absolute atomic E-state index is 12.6. The monoisotopic (exact) mass is 332 g/mol. The van der Waals surface area contributed by atoms with Crippen LogP contribution >= 0.6 is 0 Å². The van der Waals surface area contributed by atoms with Crippen LogP contribution in [0.1, 0.15) is 24.0 Å². The van der Waals surface area contributed by atoms with Crippen molar-refractivity contribution >= 4 is 11.6 Å². The van der Waals surface area contributed by atoms with E-state index in [2.05, 4.69) is 10.1 Å². The van der Waals surface area contributed by atoms with Crippen LogP contribution in [0.25, 0.3) is 0 Å². The lowest BCUT2D eigenvalue weighted by Crippen LogP contribution is -2.37. The molecule has 0 unspecified atom stereocenters. The number of amides is 1. The molecule has 6 heteroatoms.